The van der Waals surface area contributed by atoms with Crippen molar-refractivity contribution in [3.05, 3.63) is 102 Å². The number of nitrogen functional groups attached to an aromatic ring is 1. The lowest BCUT2D eigenvalue weighted by atomic mass is 9.99. The van der Waals surface area contributed by atoms with Crippen LogP contribution in [0, 0.1) is 0 Å². The topological polar surface area (TPSA) is 149 Å². The first-order valence-corrected chi connectivity index (χ1v) is 12.8. The quantitative estimate of drug-likeness (QED) is 0.298. The third-order valence-corrected chi connectivity index (χ3v) is 6.88. The van der Waals surface area contributed by atoms with Crippen LogP contribution in [0.15, 0.2) is 96.2 Å². The second kappa shape index (κ2) is 10.8. The van der Waals surface area contributed by atoms with E-state index in [-0.39, 0.29) is 18.8 Å². The number of anilines is 1. The highest BCUT2D eigenvalue weighted by molar-refractivity contribution is 5.78. The standard InChI is InChI=1S/C30H26N6O4/c31-29-21(16-36(30(39)35-29)28-15-26(38)27(17-37)40-28)19-9-7-18(8-10-19)20-13-24(22-5-1-3-11-32-22)34-25(14-20)23-6-2-4-12-33-23/h1-14,16,26-28,37-38H,15,17H2,(H2,31,35,39)/t26-,27+,28+/m0/s1. The minimum absolute atomic E-state index is 0.0880. The first kappa shape index (κ1) is 25.5. The summed E-state index contributed by atoms with van der Waals surface area (Å²) in [5.41, 5.74) is 11.7. The molecule has 0 radical (unpaired) electrons. The molecule has 200 valence electrons. The molecule has 4 aromatic heterocycles. The maximum Gasteiger partial charge on any atom is 0.351 e. The summed E-state index contributed by atoms with van der Waals surface area (Å²) in [6.07, 6.45) is 2.82. The molecule has 0 spiro atoms. The van der Waals surface area contributed by atoms with Crippen LogP contribution in [0.3, 0.4) is 0 Å². The molecule has 0 aliphatic carbocycles. The third-order valence-electron chi connectivity index (χ3n) is 6.88. The van der Waals surface area contributed by atoms with E-state index in [4.69, 9.17) is 15.5 Å². The Bertz CT molecular complexity index is 1640. The van der Waals surface area contributed by atoms with Crippen molar-refractivity contribution in [2.75, 3.05) is 12.3 Å². The van der Waals surface area contributed by atoms with Gasteiger partial charge in [0.15, 0.2) is 0 Å². The number of aliphatic hydroxyl groups excluding tert-OH is 2. The van der Waals surface area contributed by atoms with Crippen LogP contribution in [0.1, 0.15) is 12.6 Å². The van der Waals surface area contributed by atoms with E-state index in [1.54, 1.807) is 18.6 Å². The summed E-state index contributed by atoms with van der Waals surface area (Å²) in [5, 5.41) is 19.5. The van der Waals surface area contributed by atoms with Gasteiger partial charge in [-0.2, -0.15) is 4.98 Å². The fraction of sp³-hybridized carbons (Fsp3) is 0.167. The number of hydrogen-bond acceptors (Lipinski definition) is 9. The van der Waals surface area contributed by atoms with E-state index < -0.39 is 24.1 Å². The van der Waals surface area contributed by atoms with Crippen LogP contribution < -0.4 is 11.4 Å². The molecule has 0 saturated carbocycles. The van der Waals surface area contributed by atoms with Gasteiger partial charge in [0.05, 0.1) is 35.5 Å². The van der Waals surface area contributed by atoms with Gasteiger partial charge >= 0.3 is 5.69 Å². The molecule has 5 heterocycles. The van der Waals surface area contributed by atoms with E-state index in [2.05, 4.69) is 15.0 Å². The monoisotopic (exact) mass is 534 g/mol. The summed E-state index contributed by atoms with van der Waals surface area (Å²) in [6.45, 7) is -0.345. The SMILES string of the molecule is Nc1nc(=O)n([C@H]2C[C@H](O)[C@@H](CO)O2)cc1-c1ccc(-c2cc(-c3ccccn3)nc(-c3ccccn3)c2)cc1. The van der Waals surface area contributed by atoms with Gasteiger partial charge in [0.1, 0.15) is 18.1 Å². The number of ether oxygens (including phenoxy) is 1. The third kappa shape index (κ3) is 4.98. The van der Waals surface area contributed by atoms with Crippen LogP contribution in [-0.2, 0) is 4.74 Å². The fourth-order valence-corrected chi connectivity index (χ4v) is 4.79. The minimum Gasteiger partial charge on any atom is -0.394 e. The number of benzene rings is 1. The molecule has 3 atom stereocenters. The van der Waals surface area contributed by atoms with Gasteiger partial charge in [-0.05, 0) is 53.1 Å². The molecule has 10 heteroatoms. The zero-order valence-electron chi connectivity index (χ0n) is 21.3. The fourth-order valence-electron chi connectivity index (χ4n) is 4.79. The highest BCUT2D eigenvalue weighted by Gasteiger charge is 2.35. The van der Waals surface area contributed by atoms with Crippen molar-refractivity contribution in [2.24, 2.45) is 0 Å². The van der Waals surface area contributed by atoms with Gasteiger partial charge in [0.25, 0.3) is 0 Å². The minimum atomic E-state index is -0.880. The Labute approximate surface area is 229 Å². The molecule has 40 heavy (non-hydrogen) atoms. The first-order valence-electron chi connectivity index (χ1n) is 12.8. The normalized spacial score (nSPS) is 18.6. The van der Waals surface area contributed by atoms with Gasteiger partial charge in [0, 0.05) is 30.6 Å². The van der Waals surface area contributed by atoms with Crippen molar-refractivity contribution >= 4 is 5.82 Å². The summed E-state index contributed by atoms with van der Waals surface area (Å²) < 4.78 is 6.96. The predicted octanol–water partition coefficient (Wildman–Crippen LogP) is 3.32. The Morgan fingerprint density at radius 3 is 2.02 bits per heavy atom. The van der Waals surface area contributed by atoms with Crippen LogP contribution in [0.4, 0.5) is 5.82 Å². The summed E-state index contributed by atoms with van der Waals surface area (Å²) in [7, 11) is 0. The van der Waals surface area contributed by atoms with Crippen LogP contribution >= 0.6 is 0 Å². The van der Waals surface area contributed by atoms with Gasteiger partial charge < -0.3 is 20.7 Å². The van der Waals surface area contributed by atoms with Gasteiger partial charge in [0.2, 0.25) is 0 Å². The number of nitrogens with two attached hydrogens (primary N) is 1. The highest BCUT2D eigenvalue weighted by atomic mass is 16.5. The van der Waals surface area contributed by atoms with Gasteiger partial charge in [-0.1, -0.05) is 36.4 Å². The molecule has 4 N–H and O–H groups in total. The number of nitrogens with zero attached hydrogens (tertiary/aromatic N) is 5. The van der Waals surface area contributed by atoms with Crippen molar-refractivity contribution in [3.8, 4) is 45.0 Å². The van der Waals surface area contributed by atoms with E-state index in [9.17, 15) is 15.0 Å². The Morgan fingerprint density at radius 2 is 1.48 bits per heavy atom. The summed E-state index contributed by atoms with van der Waals surface area (Å²) in [4.78, 5) is 30.3. The molecule has 1 aliphatic rings. The van der Waals surface area contributed by atoms with Crippen molar-refractivity contribution in [1.82, 2.24) is 24.5 Å². The van der Waals surface area contributed by atoms with Crippen molar-refractivity contribution in [3.63, 3.8) is 0 Å². The Balaban J connectivity index is 1.37. The zero-order valence-corrected chi connectivity index (χ0v) is 21.3. The molecular weight excluding hydrogens is 508 g/mol. The number of rotatable bonds is 6. The smallest absolute Gasteiger partial charge is 0.351 e. The van der Waals surface area contributed by atoms with Crippen molar-refractivity contribution in [1.29, 1.82) is 0 Å². The molecule has 0 bridgehead atoms. The molecule has 1 saturated heterocycles. The van der Waals surface area contributed by atoms with E-state index in [1.807, 2.05) is 72.8 Å². The van der Waals surface area contributed by atoms with Crippen LogP contribution in [0.2, 0.25) is 0 Å². The van der Waals surface area contributed by atoms with Crippen molar-refractivity contribution in [2.45, 2.75) is 24.9 Å². The van der Waals surface area contributed by atoms with Gasteiger partial charge in [-0.25, -0.2) is 9.78 Å². The lowest BCUT2D eigenvalue weighted by Gasteiger charge is -2.16. The first-order chi connectivity index (χ1) is 19.5. The maximum absolute atomic E-state index is 12.6. The highest BCUT2D eigenvalue weighted by Crippen LogP contribution is 2.33. The van der Waals surface area contributed by atoms with Gasteiger partial charge in [-0.15, -0.1) is 0 Å². The average molecular weight is 535 g/mol. The molecule has 1 aromatic carbocycles. The van der Waals surface area contributed by atoms with Crippen LogP contribution in [0.5, 0.6) is 0 Å². The second-order valence-corrected chi connectivity index (χ2v) is 9.48. The number of aliphatic hydroxyl groups is 2. The predicted molar refractivity (Wildman–Crippen MR) is 150 cm³/mol. The average Bonchev–Trinajstić information content (AvgIpc) is 3.38. The lowest BCUT2D eigenvalue weighted by molar-refractivity contribution is -0.0458. The van der Waals surface area contributed by atoms with Crippen molar-refractivity contribution < 1.29 is 14.9 Å². The molecule has 0 unspecified atom stereocenters. The zero-order chi connectivity index (χ0) is 27.6. The molecule has 6 rings (SSSR count). The number of aromatic nitrogens is 5. The van der Waals surface area contributed by atoms with E-state index in [0.717, 1.165) is 39.5 Å². The molecular formula is C30H26N6O4. The summed E-state index contributed by atoms with van der Waals surface area (Å²) in [6, 6.07) is 23.1. The Kier molecular flexibility index (Phi) is 6.87. The Morgan fingerprint density at radius 1 is 0.850 bits per heavy atom. The number of hydrogen-bond donors (Lipinski definition) is 3. The van der Waals surface area contributed by atoms with Crippen LogP contribution in [-0.4, -0.2) is 53.5 Å². The summed E-state index contributed by atoms with van der Waals surface area (Å²) >= 11 is 0. The van der Waals surface area contributed by atoms with Crippen LogP contribution in [0.25, 0.3) is 45.0 Å². The van der Waals surface area contributed by atoms with E-state index >= 15 is 0 Å². The molecule has 10 nitrogen and oxygen atoms in total. The largest absolute Gasteiger partial charge is 0.394 e. The molecule has 0 amide bonds. The molecule has 5 aromatic rings. The Hall–Kier alpha value is -4.77. The maximum atomic E-state index is 12.6. The second-order valence-electron chi connectivity index (χ2n) is 9.48. The van der Waals surface area contributed by atoms with Gasteiger partial charge in [-0.3, -0.25) is 14.5 Å². The molecule has 1 fully saturated rings. The lowest BCUT2D eigenvalue weighted by Crippen LogP contribution is -2.28. The van der Waals surface area contributed by atoms with E-state index in [1.165, 1.54) is 4.57 Å². The summed E-state index contributed by atoms with van der Waals surface area (Å²) in [5.74, 6) is 0.0880. The van der Waals surface area contributed by atoms with E-state index in [0.29, 0.717) is 5.56 Å². The number of pyridine rings is 3. The molecule has 1 aliphatic heterocycles.